The van der Waals surface area contributed by atoms with Gasteiger partial charge in [0.25, 0.3) is 5.91 Å². The summed E-state index contributed by atoms with van der Waals surface area (Å²) in [5, 5.41) is 8.38. The minimum Gasteiger partial charge on any atom is -0.334 e. The zero-order valence-corrected chi connectivity index (χ0v) is 17.7. The number of nitrogens with one attached hydrogen (secondary N) is 3. The van der Waals surface area contributed by atoms with Crippen molar-refractivity contribution in [2.45, 2.75) is 32.0 Å². The van der Waals surface area contributed by atoms with Crippen molar-refractivity contribution >= 4 is 52.6 Å². The van der Waals surface area contributed by atoms with Gasteiger partial charge < -0.3 is 15.5 Å². The molecule has 8 nitrogen and oxygen atoms in total. The molecule has 0 radical (unpaired) electrons. The van der Waals surface area contributed by atoms with E-state index in [0.717, 1.165) is 11.1 Å². The number of halogens is 2. The van der Waals surface area contributed by atoms with Crippen molar-refractivity contribution < 1.29 is 19.2 Å². The van der Waals surface area contributed by atoms with E-state index < -0.39 is 18.0 Å². The van der Waals surface area contributed by atoms with Gasteiger partial charge in [0.1, 0.15) is 6.04 Å². The number of hydrogen-bond donors (Lipinski definition) is 3. The molecule has 4 rings (SSSR count). The summed E-state index contributed by atoms with van der Waals surface area (Å²) in [6.07, 6.45) is 0.521. The van der Waals surface area contributed by atoms with Gasteiger partial charge in [0.05, 0.1) is 10.0 Å². The molecule has 3 N–H and O–H groups in total. The highest BCUT2D eigenvalue weighted by molar-refractivity contribution is 6.42. The molecule has 0 aliphatic carbocycles. The first-order valence-corrected chi connectivity index (χ1v) is 10.3. The fourth-order valence-corrected chi connectivity index (χ4v) is 3.94. The summed E-state index contributed by atoms with van der Waals surface area (Å²) in [5.41, 5.74) is 2.53. The van der Waals surface area contributed by atoms with Gasteiger partial charge in [-0.1, -0.05) is 35.3 Å². The standard InChI is InChI=1S/C21H18Cl2N4O4/c22-15-4-3-13(8-16(15)23)25-21(31)24-9-11-1-2-12-10-27(20(30)14(12)7-11)17-5-6-18(28)26-19(17)29/h1-4,7-8,17H,5-6,9-10H2,(H2,24,25,31)(H,26,28,29). The molecular formula is C21H18Cl2N4O4. The van der Waals surface area contributed by atoms with E-state index in [0.29, 0.717) is 34.3 Å². The van der Waals surface area contributed by atoms with Crippen molar-refractivity contribution in [3.05, 3.63) is 63.1 Å². The molecule has 31 heavy (non-hydrogen) atoms. The first-order valence-electron chi connectivity index (χ1n) is 9.58. The molecule has 0 aromatic heterocycles. The number of anilines is 1. The van der Waals surface area contributed by atoms with E-state index in [2.05, 4.69) is 16.0 Å². The Morgan fingerprint density at radius 1 is 1.10 bits per heavy atom. The van der Waals surface area contributed by atoms with Gasteiger partial charge >= 0.3 is 6.03 Å². The maximum absolute atomic E-state index is 12.9. The van der Waals surface area contributed by atoms with Crippen LogP contribution in [0.1, 0.15) is 34.3 Å². The Morgan fingerprint density at radius 2 is 1.90 bits per heavy atom. The molecule has 160 valence electrons. The smallest absolute Gasteiger partial charge is 0.319 e. The van der Waals surface area contributed by atoms with Crippen LogP contribution in [0.2, 0.25) is 10.0 Å². The molecule has 1 atom stereocenters. The number of piperidine rings is 1. The number of imide groups is 1. The molecule has 0 bridgehead atoms. The molecule has 0 spiro atoms. The van der Waals surface area contributed by atoms with Crippen LogP contribution in [0.15, 0.2) is 36.4 Å². The van der Waals surface area contributed by atoms with Gasteiger partial charge in [0.15, 0.2) is 0 Å². The summed E-state index contributed by atoms with van der Waals surface area (Å²) in [4.78, 5) is 50.0. The van der Waals surface area contributed by atoms with Crippen molar-refractivity contribution in [2.24, 2.45) is 0 Å². The Bertz CT molecular complexity index is 1100. The molecule has 2 aromatic carbocycles. The Hall–Kier alpha value is -3.10. The summed E-state index contributed by atoms with van der Waals surface area (Å²) < 4.78 is 0. The number of nitrogens with zero attached hydrogens (tertiary/aromatic N) is 1. The van der Waals surface area contributed by atoms with Gasteiger partial charge in [-0.25, -0.2) is 4.79 Å². The molecule has 2 aliphatic rings. The van der Waals surface area contributed by atoms with Crippen LogP contribution >= 0.6 is 23.2 Å². The predicted octanol–water partition coefficient (Wildman–Crippen LogP) is 3.08. The molecule has 2 aliphatic heterocycles. The number of amides is 5. The highest BCUT2D eigenvalue weighted by Gasteiger charge is 2.39. The topological polar surface area (TPSA) is 108 Å². The summed E-state index contributed by atoms with van der Waals surface area (Å²) in [6.45, 7) is 0.512. The van der Waals surface area contributed by atoms with Crippen LogP contribution in [-0.4, -0.2) is 34.7 Å². The van der Waals surface area contributed by atoms with Gasteiger partial charge in [-0.2, -0.15) is 0 Å². The van der Waals surface area contributed by atoms with Crippen molar-refractivity contribution in [1.82, 2.24) is 15.5 Å². The van der Waals surface area contributed by atoms with Crippen molar-refractivity contribution in [2.75, 3.05) is 5.32 Å². The van der Waals surface area contributed by atoms with Gasteiger partial charge in [0.2, 0.25) is 11.8 Å². The summed E-state index contributed by atoms with van der Waals surface area (Å²) in [7, 11) is 0. The Kier molecular flexibility index (Phi) is 5.84. The second-order valence-electron chi connectivity index (χ2n) is 7.33. The minimum absolute atomic E-state index is 0.201. The largest absolute Gasteiger partial charge is 0.334 e. The average Bonchev–Trinajstić information content (AvgIpc) is 3.05. The molecule has 1 saturated heterocycles. The van der Waals surface area contributed by atoms with Crippen LogP contribution in [0.5, 0.6) is 0 Å². The van der Waals surface area contributed by atoms with E-state index in [1.165, 1.54) is 4.90 Å². The molecular weight excluding hydrogens is 443 g/mol. The van der Waals surface area contributed by atoms with Gasteiger partial charge in [0, 0.05) is 30.8 Å². The summed E-state index contributed by atoms with van der Waals surface area (Å²) in [6, 6.07) is 9.01. The van der Waals surface area contributed by atoms with E-state index in [4.69, 9.17) is 23.2 Å². The first-order chi connectivity index (χ1) is 14.8. The Morgan fingerprint density at radius 3 is 2.65 bits per heavy atom. The van der Waals surface area contributed by atoms with Crippen LogP contribution in [-0.2, 0) is 22.7 Å². The van der Waals surface area contributed by atoms with Gasteiger partial charge in [-0.3, -0.25) is 19.7 Å². The van der Waals surface area contributed by atoms with E-state index >= 15 is 0 Å². The molecule has 5 amide bonds. The first kappa shape index (κ1) is 21.1. The number of rotatable bonds is 4. The Labute approximate surface area is 187 Å². The second kappa shape index (κ2) is 8.56. The zero-order valence-electron chi connectivity index (χ0n) is 16.2. The van der Waals surface area contributed by atoms with Crippen LogP contribution in [0.4, 0.5) is 10.5 Å². The SMILES string of the molecule is O=C1CCC(N2Cc3ccc(CNC(=O)Nc4ccc(Cl)c(Cl)c4)cc3C2=O)C(=O)N1. The summed E-state index contributed by atoms with van der Waals surface area (Å²) in [5.74, 6) is -1.03. The predicted molar refractivity (Wildman–Crippen MR) is 115 cm³/mol. The fraction of sp³-hybridized carbons (Fsp3) is 0.238. The normalized spacial score (nSPS) is 17.9. The monoisotopic (exact) mass is 460 g/mol. The Balaban J connectivity index is 1.38. The van der Waals surface area contributed by atoms with Crippen molar-refractivity contribution in [3.63, 3.8) is 0 Å². The lowest BCUT2D eigenvalue weighted by molar-refractivity contribution is -0.136. The number of hydrogen-bond acceptors (Lipinski definition) is 4. The van der Waals surface area contributed by atoms with Crippen molar-refractivity contribution in [3.8, 4) is 0 Å². The van der Waals surface area contributed by atoms with Crippen LogP contribution < -0.4 is 16.0 Å². The lowest BCUT2D eigenvalue weighted by atomic mass is 10.0. The fourth-order valence-electron chi connectivity index (χ4n) is 3.64. The van der Waals surface area contributed by atoms with E-state index in [1.807, 2.05) is 12.1 Å². The average molecular weight is 461 g/mol. The number of carbonyl (C=O) groups excluding carboxylic acids is 4. The van der Waals surface area contributed by atoms with Gasteiger partial charge in [-0.15, -0.1) is 0 Å². The molecule has 10 heteroatoms. The van der Waals surface area contributed by atoms with E-state index in [9.17, 15) is 19.2 Å². The third kappa shape index (κ3) is 4.50. The number of benzene rings is 2. The van der Waals surface area contributed by atoms with Crippen LogP contribution in [0, 0.1) is 0 Å². The quantitative estimate of drug-likeness (QED) is 0.609. The molecule has 2 heterocycles. The van der Waals surface area contributed by atoms with E-state index in [-0.39, 0.29) is 24.8 Å². The van der Waals surface area contributed by atoms with Crippen LogP contribution in [0.3, 0.4) is 0 Å². The number of fused-ring (bicyclic) bond motifs is 1. The van der Waals surface area contributed by atoms with Crippen LogP contribution in [0.25, 0.3) is 0 Å². The third-order valence-corrected chi connectivity index (χ3v) is 5.96. The lowest BCUT2D eigenvalue weighted by Gasteiger charge is -2.29. The number of urea groups is 1. The highest BCUT2D eigenvalue weighted by atomic mass is 35.5. The van der Waals surface area contributed by atoms with Crippen molar-refractivity contribution in [1.29, 1.82) is 0 Å². The third-order valence-electron chi connectivity index (χ3n) is 5.22. The minimum atomic E-state index is -0.656. The maximum atomic E-state index is 12.9. The lowest BCUT2D eigenvalue weighted by Crippen LogP contribution is -2.52. The number of carbonyl (C=O) groups is 4. The molecule has 1 fully saturated rings. The zero-order chi connectivity index (χ0) is 22.1. The summed E-state index contributed by atoms with van der Waals surface area (Å²) >= 11 is 11.8. The molecule has 2 aromatic rings. The highest BCUT2D eigenvalue weighted by Crippen LogP contribution is 2.28. The molecule has 1 unspecified atom stereocenters. The second-order valence-corrected chi connectivity index (χ2v) is 8.14. The van der Waals surface area contributed by atoms with E-state index in [1.54, 1.807) is 24.3 Å². The van der Waals surface area contributed by atoms with Gasteiger partial charge in [-0.05, 0) is 41.8 Å². The maximum Gasteiger partial charge on any atom is 0.319 e. The molecule has 0 saturated carbocycles.